The first-order valence-corrected chi connectivity index (χ1v) is 6.26. The van der Waals surface area contributed by atoms with Gasteiger partial charge in [-0.25, -0.2) is 9.97 Å². The number of nitrogens with one attached hydrogen (secondary N) is 3. The van der Waals surface area contributed by atoms with Crippen molar-refractivity contribution in [3.63, 3.8) is 0 Å². The number of imidazole rings is 1. The molecule has 0 aliphatic rings. The summed E-state index contributed by atoms with van der Waals surface area (Å²) >= 11 is 0. The summed E-state index contributed by atoms with van der Waals surface area (Å²) in [5.41, 5.74) is 1.26. The highest BCUT2D eigenvalue weighted by molar-refractivity contribution is 5.92. The highest BCUT2D eigenvalue weighted by Crippen LogP contribution is 2.05. The molecule has 0 spiro atoms. The van der Waals surface area contributed by atoms with E-state index in [-0.39, 0.29) is 5.91 Å². The fraction of sp³-hybridized carbons (Fsp3) is 0.308. The van der Waals surface area contributed by atoms with Gasteiger partial charge in [0.25, 0.3) is 5.91 Å². The molecule has 0 fully saturated rings. The summed E-state index contributed by atoms with van der Waals surface area (Å²) in [6, 6.07) is 5.36. The minimum atomic E-state index is -0.199. The molecule has 3 N–H and O–H groups in total. The monoisotopic (exact) mass is 259 g/mol. The Morgan fingerprint density at radius 3 is 3.05 bits per heavy atom. The molecule has 0 aliphatic carbocycles. The molecule has 2 heterocycles. The summed E-state index contributed by atoms with van der Waals surface area (Å²) in [5, 5.41) is 5.94. The first-order chi connectivity index (χ1) is 9.29. The number of hydrogen-bond acceptors (Lipinski definition) is 4. The van der Waals surface area contributed by atoms with Gasteiger partial charge in [0.1, 0.15) is 11.5 Å². The van der Waals surface area contributed by atoms with E-state index in [0.29, 0.717) is 12.2 Å². The van der Waals surface area contributed by atoms with Gasteiger partial charge in [-0.3, -0.25) is 4.79 Å². The van der Waals surface area contributed by atoms with Crippen LogP contribution in [0, 0.1) is 0 Å². The van der Waals surface area contributed by atoms with Gasteiger partial charge < -0.3 is 15.6 Å². The maximum Gasteiger partial charge on any atom is 0.270 e. The first-order valence-electron chi connectivity index (χ1n) is 6.26. The predicted octanol–water partition coefficient (Wildman–Crippen LogP) is 1.56. The molecule has 100 valence electrons. The standard InChI is InChI=1S/C13H17N5O/c1-2-6-15-12-5-3-4-11(18-12)13(19)16-8-10-7-14-9-17-10/h3-5,7,9H,2,6,8H2,1H3,(H,14,17)(H,15,18)(H,16,19). The largest absolute Gasteiger partial charge is 0.370 e. The summed E-state index contributed by atoms with van der Waals surface area (Å²) in [4.78, 5) is 23.0. The molecule has 0 bridgehead atoms. The molecule has 2 aromatic heterocycles. The van der Waals surface area contributed by atoms with Gasteiger partial charge in [-0.05, 0) is 18.6 Å². The van der Waals surface area contributed by atoms with E-state index in [1.54, 1.807) is 18.6 Å². The summed E-state index contributed by atoms with van der Waals surface area (Å²) in [6.07, 6.45) is 4.26. The fourth-order valence-corrected chi connectivity index (χ4v) is 1.56. The molecule has 0 saturated heterocycles. The van der Waals surface area contributed by atoms with Gasteiger partial charge in [0.05, 0.1) is 18.6 Å². The van der Waals surface area contributed by atoms with E-state index in [9.17, 15) is 4.79 Å². The van der Waals surface area contributed by atoms with E-state index in [1.165, 1.54) is 0 Å². The SMILES string of the molecule is CCCNc1cccc(C(=O)NCc2cnc[nH]2)n1. The molecule has 2 rings (SSSR count). The summed E-state index contributed by atoms with van der Waals surface area (Å²) in [7, 11) is 0. The van der Waals surface area contributed by atoms with Crippen molar-refractivity contribution in [2.75, 3.05) is 11.9 Å². The Labute approximate surface area is 111 Å². The average Bonchev–Trinajstić information content (AvgIpc) is 2.96. The van der Waals surface area contributed by atoms with Crippen LogP contribution in [0.15, 0.2) is 30.7 Å². The lowest BCUT2D eigenvalue weighted by molar-refractivity contribution is 0.0945. The van der Waals surface area contributed by atoms with Crippen LogP contribution < -0.4 is 10.6 Å². The number of aromatic amines is 1. The van der Waals surface area contributed by atoms with E-state index in [1.807, 2.05) is 12.1 Å². The third-order valence-corrected chi connectivity index (χ3v) is 2.53. The second-order valence-corrected chi connectivity index (χ2v) is 4.09. The summed E-state index contributed by atoms with van der Waals surface area (Å²) in [5.74, 6) is 0.519. The minimum Gasteiger partial charge on any atom is -0.370 e. The van der Waals surface area contributed by atoms with Crippen LogP contribution in [0.3, 0.4) is 0 Å². The van der Waals surface area contributed by atoms with Crippen LogP contribution in [0.5, 0.6) is 0 Å². The summed E-state index contributed by atoms with van der Waals surface area (Å²) in [6.45, 7) is 3.33. The van der Waals surface area contributed by atoms with Crippen LogP contribution in [0.2, 0.25) is 0 Å². The number of pyridine rings is 1. The second-order valence-electron chi connectivity index (χ2n) is 4.09. The minimum absolute atomic E-state index is 0.199. The fourth-order valence-electron chi connectivity index (χ4n) is 1.56. The molecule has 6 heteroatoms. The number of nitrogens with zero attached hydrogens (tertiary/aromatic N) is 2. The Hall–Kier alpha value is -2.37. The topological polar surface area (TPSA) is 82.7 Å². The molecule has 2 aromatic rings. The van der Waals surface area contributed by atoms with Crippen molar-refractivity contribution in [3.8, 4) is 0 Å². The first kappa shape index (κ1) is 13.1. The molecule has 0 unspecified atom stereocenters. The third-order valence-electron chi connectivity index (χ3n) is 2.53. The summed E-state index contributed by atoms with van der Waals surface area (Å²) < 4.78 is 0. The molecule has 0 atom stereocenters. The van der Waals surface area contributed by atoms with Crippen LogP contribution >= 0.6 is 0 Å². The van der Waals surface area contributed by atoms with Crippen molar-refractivity contribution in [3.05, 3.63) is 42.1 Å². The lowest BCUT2D eigenvalue weighted by atomic mass is 10.3. The molecule has 0 saturated carbocycles. The second kappa shape index (κ2) is 6.53. The van der Waals surface area contributed by atoms with Gasteiger partial charge >= 0.3 is 0 Å². The molecular weight excluding hydrogens is 242 g/mol. The number of anilines is 1. The van der Waals surface area contributed by atoms with Gasteiger partial charge in [-0.2, -0.15) is 0 Å². The van der Waals surface area contributed by atoms with Crippen molar-refractivity contribution in [2.24, 2.45) is 0 Å². The number of aromatic nitrogens is 3. The van der Waals surface area contributed by atoms with Crippen molar-refractivity contribution >= 4 is 11.7 Å². The van der Waals surface area contributed by atoms with Crippen molar-refractivity contribution in [1.29, 1.82) is 0 Å². The van der Waals surface area contributed by atoms with E-state index < -0.39 is 0 Å². The zero-order chi connectivity index (χ0) is 13.5. The molecular formula is C13H17N5O. The molecule has 0 radical (unpaired) electrons. The number of carbonyl (C=O) groups is 1. The molecule has 6 nitrogen and oxygen atoms in total. The Kier molecular flexibility index (Phi) is 4.49. The molecule has 1 amide bonds. The average molecular weight is 259 g/mol. The van der Waals surface area contributed by atoms with Gasteiger partial charge in [-0.15, -0.1) is 0 Å². The van der Waals surface area contributed by atoms with Crippen LogP contribution in [0.25, 0.3) is 0 Å². The van der Waals surface area contributed by atoms with E-state index in [0.717, 1.165) is 24.5 Å². The smallest absolute Gasteiger partial charge is 0.270 e. The van der Waals surface area contributed by atoms with Crippen LogP contribution in [-0.2, 0) is 6.54 Å². The van der Waals surface area contributed by atoms with Gasteiger partial charge in [0.2, 0.25) is 0 Å². The Morgan fingerprint density at radius 1 is 1.42 bits per heavy atom. The Bertz CT molecular complexity index is 524. The predicted molar refractivity (Wildman–Crippen MR) is 72.8 cm³/mol. The normalized spacial score (nSPS) is 10.2. The Morgan fingerprint density at radius 2 is 2.32 bits per heavy atom. The Balaban J connectivity index is 1.94. The highest BCUT2D eigenvalue weighted by atomic mass is 16.1. The van der Waals surface area contributed by atoms with Crippen LogP contribution in [-0.4, -0.2) is 27.4 Å². The van der Waals surface area contributed by atoms with Crippen LogP contribution in [0.4, 0.5) is 5.82 Å². The van der Waals surface area contributed by atoms with Crippen molar-refractivity contribution in [1.82, 2.24) is 20.3 Å². The lowest BCUT2D eigenvalue weighted by Crippen LogP contribution is -2.24. The van der Waals surface area contributed by atoms with Crippen LogP contribution in [0.1, 0.15) is 29.5 Å². The quantitative estimate of drug-likeness (QED) is 0.735. The van der Waals surface area contributed by atoms with Gasteiger partial charge in [0.15, 0.2) is 0 Å². The number of carbonyl (C=O) groups excluding carboxylic acids is 1. The zero-order valence-electron chi connectivity index (χ0n) is 10.8. The third kappa shape index (κ3) is 3.80. The van der Waals surface area contributed by atoms with E-state index in [2.05, 4.69) is 32.5 Å². The number of hydrogen-bond donors (Lipinski definition) is 3. The van der Waals surface area contributed by atoms with Crippen molar-refractivity contribution < 1.29 is 4.79 Å². The number of rotatable bonds is 6. The molecule has 19 heavy (non-hydrogen) atoms. The molecule has 0 aliphatic heterocycles. The number of amides is 1. The maximum absolute atomic E-state index is 11.9. The highest BCUT2D eigenvalue weighted by Gasteiger charge is 2.07. The number of H-pyrrole nitrogens is 1. The maximum atomic E-state index is 11.9. The lowest BCUT2D eigenvalue weighted by Gasteiger charge is -2.06. The van der Waals surface area contributed by atoms with Gasteiger partial charge in [-0.1, -0.05) is 13.0 Å². The van der Waals surface area contributed by atoms with Crippen molar-refractivity contribution in [2.45, 2.75) is 19.9 Å². The van der Waals surface area contributed by atoms with E-state index >= 15 is 0 Å². The van der Waals surface area contributed by atoms with Gasteiger partial charge in [0, 0.05) is 12.7 Å². The zero-order valence-corrected chi connectivity index (χ0v) is 10.8. The van der Waals surface area contributed by atoms with E-state index in [4.69, 9.17) is 0 Å². The molecule has 0 aromatic carbocycles.